The minimum Gasteiger partial charge on any atom is -0.383 e. The molecule has 3 rings (SSSR count). The third kappa shape index (κ3) is 6.54. The minimum atomic E-state index is -0.446. The van der Waals surface area contributed by atoms with E-state index in [0.29, 0.717) is 51.6 Å². The zero-order chi connectivity index (χ0) is 24.5. The number of hydrogen-bond acceptors (Lipinski definition) is 6. The minimum absolute atomic E-state index is 0.00138. The van der Waals surface area contributed by atoms with E-state index in [4.69, 9.17) is 4.74 Å². The number of rotatable bonds is 10. The number of carbonyl (C=O) groups excluding carboxylic acids is 2. The van der Waals surface area contributed by atoms with Gasteiger partial charge in [-0.05, 0) is 30.5 Å². The average molecular weight is 469 g/mol. The molecule has 1 aliphatic rings. The quantitative estimate of drug-likeness (QED) is 0.393. The molecule has 0 unspecified atom stereocenters. The van der Waals surface area contributed by atoms with Crippen molar-refractivity contribution < 1.29 is 19.2 Å². The van der Waals surface area contributed by atoms with Gasteiger partial charge in [-0.2, -0.15) is 0 Å². The lowest BCUT2D eigenvalue weighted by Gasteiger charge is -2.35. The maximum absolute atomic E-state index is 13.3. The number of aryl methyl sites for hydroxylation is 1. The molecule has 0 saturated carbocycles. The number of hydrogen-bond donors (Lipinski definition) is 0. The number of amides is 2. The lowest BCUT2D eigenvalue weighted by atomic mass is 10.1. The summed E-state index contributed by atoms with van der Waals surface area (Å²) in [4.78, 5) is 41.6. The summed E-state index contributed by atoms with van der Waals surface area (Å²) in [6.07, 6.45) is 1.61. The molecule has 182 valence electrons. The fourth-order valence-electron chi connectivity index (χ4n) is 4.15. The molecule has 9 heteroatoms. The van der Waals surface area contributed by atoms with E-state index in [1.807, 2.05) is 23.1 Å². The van der Waals surface area contributed by atoms with Crippen LogP contribution < -0.4 is 4.90 Å². The first-order valence-corrected chi connectivity index (χ1v) is 11.5. The number of nitro benzene ring substituents is 1. The Bertz CT molecular complexity index is 990. The van der Waals surface area contributed by atoms with Crippen LogP contribution in [0.4, 0.5) is 11.4 Å². The van der Waals surface area contributed by atoms with Crippen molar-refractivity contribution in [2.24, 2.45) is 0 Å². The van der Waals surface area contributed by atoms with E-state index in [1.165, 1.54) is 18.6 Å². The van der Waals surface area contributed by atoms with Gasteiger partial charge in [0.25, 0.3) is 11.6 Å². The molecule has 0 aromatic heterocycles. The Balaban J connectivity index is 1.73. The van der Waals surface area contributed by atoms with Crippen molar-refractivity contribution in [2.75, 3.05) is 57.9 Å². The molecular formula is C25H32N4O5. The number of benzene rings is 2. The van der Waals surface area contributed by atoms with E-state index in [1.54, 1.807) is 29.0 Å². The van der Waals surface area contributed by atoms with Gasteiger partial charge >= 0.3 is 0 Å². The number of anilines is 1. The fourth-order valence-corrected chi connectivity index (χ4v) is 4.15. The molecule has 1 aliphatic heterocycles. The predicted molar refractivity (Wildman–Crippen MR) is 130 cm³/mol. The van der Waals surface area contributed by atoms with Crippen LogP contribution in [0.3, 0.4) is 0 Å². The third-order valence-corrected chi connectivity index (χ3v) is 6.07. The van der Waals surface area contributed by atoms with Crippen molar-refractivity contribution in [3.63, 3.8) is 0 Å². The number of piperazine rings is 1. The number of carbonyl (C=O) groups is 2. The second-order valence-corrected chi connectivity index (χ2v) is 8.33. The Morgan fingerprint density at radius 3 is 2.38 bits per heavy atom. The Morgan fingerprint density at radius 2 is 1.76 bits per heavy atom. The van der Waals surface area contributed by atoms with Crippen molar-refractivity contribution in [1.29, 1.82) is 0 Å². The first-order valence-electron chi connectivity index (χ1n) is 11.5. The summed E-state index contributed by atoms with van der Waals surface area (Å²) in [6.45, 7) is 4.89. The van der Waals surface area contributed by atoms with Crippen LogP contribution in [-0.2, 0) is 16.0 Å². The van der Waals surface area contributed by atoms with Gasteiger partial charge in [-0.3, -0.25) is 19.7 Å². The second-order valence-electron chi connectivity index (χ2n) is 8.33. The molecule has 0 atom stereocenters. The van der Waals surface area contributed by atoms with Crippen LogP contribution in [0, 0.1) is 10.1 Å². The van der Waals surface area contributed by atoms with Gasteiger partial charge in [-0.15, -0.1) is 0 Å². The molecule has 1 saturated heterocycles. The van der Waals surface area contributed by atoms with Gasteiger partial charge < -0.3 is 19.4 Å². The molecule has 1 heterocycles. The molecule has 34 heavy (non-hydrogen) atoms. The van der Waals surface area contributed by atoms with Gasteiger partial charge in [-0.1, -0.05) is 30.3 Å². The van der Waals surface area contributed by atoms with Crippen molar-refractivity contribution >= 4 is 23.2 Å². The topological polar surface area (TPSA) is 96.2 Å². The van der Waals surface area contributed by atoms with Crippen LogP contribution in [0.5, 0.6) is 0 Å². The molecule has 0 bridgehead atoms. The summed E-state index contributed by atoms with van der Waals surface area (Å²) < 4.78 is 5.17. The van der Waals surface area contributed by atoms with Crippen LogP contribution in [0.15, 0.2) is 48.5 Å². The van der Waals surface area contributed by atoms with Crippen LogP contribution in [0.2, 0.25) is 0 Å². The number of ether oxygens (including phenoxy) is 1. The van der Waals surface area contributed by atoms with Crippen LogP contribution in [-0.4, -0.2) is 79.5 Å². The molecular weight excluding hydrogens is 436 g/mol. The van der Waals surface area contributed by atoms with E-state index < -0.39 is 4.92 Å². The Labute approximate surface area is 200 Å². The highest BCUT2D eigenvalue weighted by molar-refractivity contribution is 5.96. The molecule has 2 aromatic carbocycles. The van der Waals surface area contributed by atoms with Crippen LogP contribution in [0.25, 0.3) is 0 Å². The maximum atomic E-state index is 13.3. The zero-order valence-electron chi connectivity index (χ0n) is 19.8. The molecule has 9 nitrogen and oxygen atoms in total. The van der Waals surface area contributed by atoms with Crippen molar-refractivity contribution in [3.05, 3.63) is 69.8 Å². The van der Waals surface area contributed by atoms with E-state index in [-0.39, 0.29) is 23.1 Å². The predicted octanol–water partition coefficient (Wildman–Crippen LogP) is 2.98. The molecule has 0 N–H and O–H groups in total. The normalized spacial score (nSPS) is 13.6. The molecule has 0 radical (unpaired) electrons. The van der Waals surface area contributed by atoms with E-state index in [9.17, 15) is 19.7 Å². The number of nitro groups is 1. The molecule has 0 spiro atoms. The highest BCUT2D eigenvalue weighted by atomic mass is 16.6. The Hall–Kier alpha value is -3.46. The second kappa shape index (κ2) is 12.1. The third-order valence-electron chi connectivity index (χ3n) is 6.07. The van der Waals surface area contributed by atoms with Gasteiger partial charge in [0.05, 0.1) is 11.5 Å². The number of nitrogens with zero attached hydrogens (tertiary/aromatic N) is 4. The smallest absolute Gasteiger partial charge is 0.293 e. The molecule has 1 fully saturated rings. The largest absolute Gasteiger partial charge is 0.383 e. The summed E-state index contributed by atoms with van der Waals surface area (Å²) in [5.41, 5.74) is 1.86. The number of methoxy groups -OCH3 is 1. The lowest BCUT2D eigenvalue weighted by molar-refractivity contribution is -0.384. The fraction of sp³-hybridized carbons (Fsp3) is 0.440. The molecule has 2 amide bonds. The summed E-state index contributed by atoms with van der Waals surface area (Å²) in [5, 5.41) is 11.9. The van der Waals surface area contributed by atoms with E-state index >= 15 is 0 Å². The van der Waals surface area contributed by atoms with Gasteiger partial charge in [0.1, 0.15) is 5.69 Å². The zero-order valence-corrected chi connectivity index (χ0v) is 19.8. The molecule has 2 aromatic rings. The van der Waals surface area contributed by atoms with Crippen molar-refractivity contribution in [2.45, 2.75) is 19.8 Å². The summed E-state index contributed by atoms with van der Waals surface area (Å²) in [5.74, 6) is -0.250. The standard InChI is InChI=1S/C25H32N4O5/c1-20(30)26-13-15-27(16-14-26)23-11-10-22(19-24(23)29(32)33)25(31)28(17-18-34-2)12-6-9-21-7-4-3-5-8-21/h3-5,7-8,10-11,19H,6,9,12-18H2,1-2H3. The Kier molecular flexibility index (Phi) is 8.98. The van der Waals surface area contributed by atoms with Crippen LogP contribution >= 0.6 is 0 Å². The summed E-state index contributed by atoms with van der Waals surface area (Å²) in [7, 11) is 1.58. The van der Waals surface area contributed by atoms with Gasteiger partial charge in [-0.25, -0.2) is 0 Å². The van der Waals surface area contributed by atoms with Gasteiger partial charge in [0.15, 0.2) is 0 Å². The van der Waals surface area contributed by atoms with Gasteiger partial charge in [0.2, 0.25) is 5.91 Å². The van der Waals surface area contributed by atoms with E-state index in [0.717, 1.165) is 12.8 Å². The maximum Gasteiger partial charge on any atom is 0.293 e. The average Bonchev–Trinajstić information content (AvgIpc) is 2.86. The van der Waals surface area contributed by atoms with Gasteiger partial charge in [0, 0.05) is 64.9 Å². The SMILES string of the molecule is COCCN(CCCc1ccccc1)C(=O)c1ccc(N2CCN(C(C)=O)CC2)c([N+](=O)[O-])c1. The first kappa shape index (κ1) is 25.2. The highest BCUT2D eigenvalue weighted by Gasteiger charge is 2.27. The lowest BCUT2D eigenvalue weighted by Crippen LogP contribution is -2.48. The Morgan fingerprint density at radius 1 is 1.06 bits per heavy atom. The van der Waals surface area contributed by atoms with Crippen molar-refractivity contribution in [3.8, 4) is 0 Å². The van der Waals surface area contributed by atoms with Crippen molar-refractivity contribution in [1.82, 2.24) is 9.80 Å². The summed E-state index contributed by atoms with van der Waals surface area (Å²) >= 11 is 0. The first-order chi connectivity index (χ1) is 16.4. The van der Waals surface area contributed by atoms with E-state index in [2.05, 4.69) is 12.1 Å². The van der Waals surface area contributed by atoms with Crippen LogP contribution in [0.1, 0.15) is 29.3 Å². The highest BCUT2D eigenvalue weighted by Crippen LogP contribution is 2.30. The monoisotopic (exact) mass is 468 g/mol. The molecule has 0 aliphatic carbocycles. The summed E-state index contributed by atoms with van der Waals surface area (Å²) in [6, 6.07) is 14.7.